The van der Waals surface area contributed by atoms with E-state index < -0.39 is 12.1 Å². The van der Waals surface area contributed by atoms with E-state index in [2.05, 4.69) is 55.6 Å². The Bertz CT molecular complexity index is 1390. The Kier molecular flexibility index (Phi) is 73.9. The second-order valence-corrected chi connectivity index (χ2v) is 27.0. The van der Waals surface area contributed by atoms with Crippen molar-refractivity contribution in [3.05, 3.63) is 36.5 Å². The summed E-state index contributed by atoms with van der Waals surface area (Å²) in [5, 5.41) is 23.4. The summed E-state index contributed by atoms with van der Waals surface area (Å²) in [5.74, 6) is -0.0130. The van der Waals surface area contributed by atoms with Crippen molar-refractivity contribution in [2.24, 2.45) is 0 Å². The summed E-state index contributed by atoms with van der Waals surface area (Å²) in [7, 11) is 0. The first-order chi connectivity index (χ1) is 42.5. The van der Waals surface area contributed by atoms with E-state index in [0.717, 1.165) is 51.4 Å². The lowest BCUT2D eigenvalue weighted by Crippen LogP contribution is -2.45. The zero-order chi connectivity index (χ0) is 62.0. The van der Waals surface area contributed by atoms with Crippen LogP contribution in [0.25, 0.3) is 0 Å². The first-order valence-corrected chi connectivity index (χ1v) is 39.2. The van der Waals surface area contributed by atoms with Crippen molar-refractivity contribution in [3.63, 3.8) is 0 Å². The molecule has 6 nitrogen and oxygen atoms in total. The molecule has 0 saturated carbocycles. The Labute approximate surface area is 538 Å². The second kappa shape index (κ2) is 75.5. The van der Waals surface area contributed by atoms with Gasteiger partial charge in [0.1, 0.15) is 0 Å². The molecule has 0 aromatic carbocycles. The molecule has 0 saturated heterocycles. The molecular weight excluding hydrogens is 1050 g/mol. The van der Waals surface area contributed by atoms with Crippen LogP contribution in [0.2, 0.25) is 0 Å². The Hall–Kier alpha value is -1.92. The summed E-state index contributed by atoms with van der Waals surface area (Å²) in [6.07, 6.45) is 98.0. The van der Waals surface area contributed by atoms with Gasteiger partial charge in [-0.05, 0) is 83.5 Å². The number of hydrogen-bond acceptors (Lipinski definition) is 5. The van der Waals surface area contributed by atoms with Gasteiger partial charge in [0.05, 0.1) is 25.4 Å². The summed E-state index contributed by atoms with van der Waals surface area (Å²) >= 11 is 0. The minimum atomic E-state index is -0.663. The molecule has 0 rings (SSSR count). The van der Waals surface area contributed by atoms with E-state index in [1.807, 2.05) is 0 Å². The van der Waals surface area contributed by atoms with Gasteiger partial charge in [-0.2, -0.15) is 0 Å². The average molecular weight is 1210 g/mol. The van der Waals surface area contributed by atoms with Gasteiger partial charge in [0.25, 0.3) is 0 Å². The molecule has 2 unspecified atom stereocenters. The molecule has 0 heterocycles. The van der Waals surface area contributed by atoms with E-state index in [1.54, 1.807) is 0 Å². The van der Waals surface area contributed by atoms with Crippen molar-refractivity contribution in [2.75, 3.05) is 13.2 Å². The molecule has 0 bridgehead atoms. The number of allylic oxidation sites excluding steroid dienone is 6. The predicted octanol–water partition coefficient (Wildman–Crippen LogP) is 25.8. The summed E-state index contributed by atoms with van der Waals surface area (Å²) < 4.78 is 5.51. The Balaban J connectivity index is 3.34. The normalized spacial score (nSPS) is 12.7. The van der Waals surface area contributed by atoms with Crippen molar-refractivity contribution in [1.29, 1.82) is 0 Å². The van der Waals surface area contributed by atoms with Crippen LogP contribution in [-0.2, 0) is 14.3 Å². The van der Waals surface area contributed by atoms with Crippen molar-refractivity contribution in [1.82, 2.24) is 5.32 Å². The minimum absolute atomic E-state index is 0.0152. The number of amides is 1. The molecule has 0 aliphatic carbocycles. The third kappa shape index (κ3) is 71.2. The fourth-order valence-electron chi connectivity index (χ4n) is 12.4. The van der Waals surface area contributed by atoms with Gasteiger partial charge < -0.3 is 20.3 Å². The molecule has 6 heteroatoms. The van der Waals surface area contributed by atoms with Crippen molar-refractivity contribution in [2.45, 2.75) is 450 Å². The maximum atomic E-state index is 12.5. The lowest BCUT2D eigenvalue weighted by atomic mass is 10.0. The monoisotopic (exact) mass is 1210 g/mol. The van der Waals surface area contributed by atoms with E-state index in [9.17, 15) is 19.8 Å². The molecule has 0 aliphatic rings. The zero-order valence-electron chi connectivity index (χ0n) is 58.3. The molecule has 0 aliphatic heterocycles. The standard InChI is InChI=1S/C80H153NO5/c1-3-5-7-9-11-13-15-17-19-21-37-42-46-50-54-58-62-66-70-74-80(85)86-75-71-67-63-59-55-51-47-43-39-36-34-32-30-28-26-24-23-25-27-29-31-33-35-38-41-45-49-53-57-61-65-69-73-79(84)81-77(76-82)78(83)72-68-64-60-56-52-48-44-40-22-20-18-16-14-12-10-8-6-4-2/h11,13,17,19,26,28,77-78,82-83H,3-10,12,14-16,18,20-25,27,29-76H2,1-2H3,(H,81,84)/b13-11-,19-17-,28-26-. The number of carbonyl (C=O) groups excluding carboxylic acids is 2. The number of ether oxygens (including phenoxy) is 1. The number of hydrogen-bond donors (Lipinski definition) is 3. The molecule has 0 radical (unpaired) electrons. The third-order valence-corrected chi connectivity index (χ3v) is 18.4. The smallest absolute Gasteiger partial charge is 0.305 e. The number of aliphatic hydroxyl groups excluding tert-OH is 2. The third-order valence-electron chi connectivity index (χ3n) is 18.4. The lowest BCUT2D eigenvalue weighted by Gasteiger charge is -2.22. The Morgan fingerprint density at radius 2 is 0.581 bits per heavy atom. The number of nitrogens with one attached hydrogen (secondary N) is 1. The van der Waals surface area contributed by atoms with Crippen LogP contribution >= 0.6 is 0 Å². The van der Waals surface area contributed by atoms with Crippen LogP contribution in [0.15, 0.2) is 36.5 Å². The number of unbranched alkanes of at least 4 members (excludes halogenated alkanes) is 57. The van der Waals surface area contributed by atoms with Crippen LogP contribution in [0.4, 0.5) is 0 Å². The first kappa shape index (κ1) is 84.1. The molecule has 0 fully saturated rings. The van der Waals surface area contributed by atoms with Crippen LogP contribution in [0, 0.1) is 0 Å². The number of carbonyl (C=O) groups is 2. The van der Waals surface area contributed by atoms with E-state index in [0.29, 0.717) is 25.9 Å². The molecule has 0 aromatic rings. The minimum Gasteiger partial charge on any atom is -0.466 e. The van der Waals surface area contributed by atoms with E-state index in [1.165, 1.54) is 353 Å². The Morgan fingerprint density at radius 3 is 0.919 bits per heavy atom. The second-order valence-electron chi connectivity index (χ2n) is 27.0. The van der Waals surface area contributed by atoms with E-state index in [4.69, 9.17) is 4.74 Å². The van der Waals surface area contributed by atoms with Gasteiger partial charge in [-0.15, -0.1) is 0 Å². The highest BCUT2D eigenvalue weighted by molar-refractivity contribution is 5.76. The number of aliphatic hydroxyl groups is 2. The predicted molar refractivity (Wildman–Crippen MR) is 379 cm³/mol. The Morgan fingerprint density at radius 1 is 0.326 bits per heavy atom. The molecule has 0 aromatic heterocycles. The van der Waals surface area contributed by atoms with Gasteiger partial charge in [-0.25, -0.2) is 0 Å². The molecule has 1 amide bonds. The highest BCUT2D eigenvalue weighted by Gasteiger charge is 2.20. The lowest BCUT2D eigenvalue weighted by molar-refractivity contribution is -0.143. The maximum absolute atomic E-state index is 12.5. The number of esters is 1. The van der Waals surface area contributed by atoms with Crippen molar-refractivity contribution < 1.29 is 24.5 Å². The molecule has 3 N–H and O–H groups in total. The number of rotatable bonds is 74. The fourth-order valence-corrected chi connectivity index (χ4v) is 12.4. The van der Waals surface area contributed by atoms with Crippen molar-refractivity contribution in [3.8, 4) is 0 Å². The van der Waals surface area contributed by atoms with Gasteiger partial charge >= 0.3 is 5.97 Å². The van der Waals surface area contributed by atoms with Gasteiger partial charge in [0.2, 0.25) is 5.91 Å². The van der Waals surface area contributed by atoms with Gasteiger partial charge in [-0.1, -0.05) is 378 Å². The van der Waals surface area contributed by atoms with Gasteiger partial charge in [0, 0.05) is 12.8 Å². The van der Waals surface area contributed by atoms with Crippen LogP contribution in [0.1, 0.15) is 438 Å². The van der Waals surface area contributed by atoms with Gasteiger partial charge in [-0.3, -0.25) is 9.59 Å². The molecule has 0 spiro atoms. The topological polar surface area (TPSA) is 95.9 Å². The summed E-state index contributed by atoms with van der Waals surface area (Å²) in [6, 6.07) is -0.540. The summed E-state index contributed by atoms with van der Waals surface area (Å²) in [4.78, 5) is 24.7. The largest absolute Gasteiger partial charge is 0.466 e. The van der Waals surface area contributed by atoms with Gasteiger partial charge in [0.15, 0.2) is 0 Å². The zero-order valence-corrected chi connectivity index (χ0v) is 58.3. The van der Waals surface area contributed by atoms with E-state index >= 15 is 0 Å². The maximum Gasteiger partial charge on any atom is 0.305 e. The van der Waals surface area contributed by atoms with Crippen LogP contribution < -0.4 is 5.32 Å². The first-order valence-electron chi connectivity index (χ1n) is 39.2. The summed E-state index contributed by atoms with van der Waals surface area (Å²) in [6.45, 7) is 4.97. The fraction of sp³-hybridized carbons (Fsp3) is 0.900. The highest BCUT2D eigenvalue weighted by atomic mass is 16.5. The van der Waals surface area contributed by atoms with Crippen molar-refractivity contribution >= 4 is 11.9 Å². The summed E-state index contributed by atoms with van der Waals surface area (Å²) in [5.41, 5.74) is 0. The highest BCUT2D eigenvalue weighted by Crippen LogP contribution is 2.20. The molecule has 2 atom stereocenters. The molecular formula is C80H153NO5. The molecule has 508 valence electrons. The SMILES string of the molecule is CCCCC/C=C\C/C=C\CCCCCCCCCCCC(=O)OCCCCCCCCCCCCCC/C=C\CCCCCCCCCCCCCCCCCCC(=O)NC(CO)C(O)CCCCCCCCCCCCCCCCCCCC. The van der Waals surface area contributed by atoms with Crippen LogP contribution in [0.3, 0.4) is 0 Å². The molecule has 86 heavy (non-hydrogen) atoms. The van der Waals surface area contributed by atoms with E-state index in [-0.39, 0.29) is 18.5 Å². The average Bonchev–Trinajstić information content (AvgIpc) is 3.54. The van der Waals surface area contributed by atoms with Crippen LogP contribution in [0.5, 0.6) is 0 Å². The van der Waals surface area contributed by atoms with Crippen LogP contribution in [-0.4, -0.2) is 47.4 Å². The quantitative estimate of drug-likeness (QED) is 0.0320.